The first kappa shape index (κ1) is 20.6. The lowest BCUT2D eigenvalue weighted by atomic mass is 9.97. The molecule has 2 heterocycles. The van der Waals surface area contributed by atoms with Crippen LogP contribution in [0.4, 0.5) is 4.39 Å². The second-order valence-electron chi connectivity index (χ2n) is 8.34. The van der Waals surface area contributed by atoms with Crippen LogP contribution in [0.15, 0.2) is 48.7 Å². The molecule has 0 aliphatic carbocycles. The molecule has 4 rings (SSSR count). The fourth-order valence-electron chi connectivity index (χ4n) is 4.57. The quantitative estimate of drug-likeness (QED) is 0.500. The molecule has 4 nitrogen and oxygen atoms in total. The Morgan fingerprint density at radius 3 is 2.77 bits per heavy atom. The van der Waals surface area contributed by atoms with Crippen LogP contribution in [0.5, 0.6) is 5.75 Å². The van der Waals surface area contributed by atoms with Gasteiger partial charge in [-0.05, 0) is 86.3 Å². The second kappa shape index (κ2) is 9.00. The van der Waals surface area contributed by atoms with Gasteiger partial charge in [-0.15, -0.1) is 0 Å². The molecular formula is C25H29FN2O2. The number of fused-ring (bicyclic) bond motifs is 1. The largest absolute Gasteiger partial charge is 0.497 e. The molecule has 158 valence electrons. The predicted octanol–water partition coefficient (Wildman–Crippen LogP) is 4.85. The summed E-state index contributed by atoms with van der Waals surface area (Å²) in [5.74, 6) is 1.10. The number of rotatable bonds is 8. The average molecular weight is 409 g/mol. The van der Waals surface area contributed by atoms with E-state index in [0.717, 1.165) is 44.6 Å². The van der Waals surface area contributed by atoms with E-state index in [1.54, 1.807) is 19.2 Å². The van der Waals surface area contributed by atoms with E-state index < -0.39 is 0 Å². The van der Waals surface area contributed by atoms with Gasteiger partial charge < -0.3 is 14.2 Å². The van der Waals surface area contributed by atoms with Crippen LogP contribution >= 0.6 is 0 Å². The Morgan fingerprint density at radius 2 is 2.00 bits per heavy atom. The molecule has 1 unspecified atom stereocenters. The number of benzene rings is 2. The predicted molar refractivity (Wildman–Crippen MR) is 118 cm³/mol. The number of halogens is 1. The van der Waals surface area contributed by atoms with E-state index in [2.05, 4.69) is 34.8 Å². The number of ether oxygens (including phenoxy) is 1. The normalized spacial score (nSPS) is 17.0. The number of aryl methyl sites for hydroxylation is 2. The van der Waals surface area contributed by atoms with Gasteiger partial charge >= 0.3 is 0 Å². The first-order valence-corrected chi connectivity index (χ1v) is 10.7. The third kappa shape index (κ3) is 4.57. The summed E-state index contributed by atoms with van der Waals surface area (Å²) >= 11 is 0. The minimum atomic E-state index is -0.303. The molecule has 1 aromatic heterocycles. The molecule has 5 heteroatoms. The summed E-state index contributed by atoms with van der Waals surface area (Å²) in [7, 11) is 3.79. The van der Waals surface area contributed by atoms with Crippen LogP contribution in [0.25, 0.3) is 10.9 Å². The number of likely N-dealkylation sites (tertiary alicyclic amines) is 1. The van der Waals surface area contributed by atoms with Crippen molar-refractivity contribution < 1.29 is 13.9 Å². The third-order valence-electron chi connectivity index (χ3n) is 6.21. The van der Waals surface area contributed by atoms with Crippen LogP contribution in [0.1, 0.15) is 35.2 Å². The Morgan fingerprint density at radius 1 is 1.20 bits per heavy atom. The zero-order valence-electron chi connectivity index (χ0n) is 17.7. The van der Waals surface area contributed by atoms with Crippen molar-refractivity contribution in [3.8, 4) is 5.75 Å². The van der Waals surface area contributed by atoms with Gasteiger partial charge in [0, 0.05) is 42.7 Å². The zero-order valence-corrected chi connectivity index (χ0v) is 17.7. The third-order valence-corrected chi connectivity index (χ3v) is 6.21. The van der Waals surface area contributed by atoms with E-state index >= 15 is 0 Å². The highest BCUT2D eigenvalue weighted by Gasteiger charge is 2.24. The van der Waals surface area contributed by atoms with Crippen molar-refractivity contribution in [3.63, 3.8) is 0 Å². The molecule has 0 N–H and O–H groups in total. The Hall–Kier alpha value is -2.66. The summed E-state index contributed by atoms with van der Waals surface area (Å²) in [5.41, 5.74) is 3.20. The van der Waals surface area contributed by atoms with Crippen LogP contribution in [0.2, 0.25) is 0 Å². The van der Waals surface area contributed by atoms with Gasteiger partial charge in [0.1, 0.15) is 11.6 Å². The molecule has 0 amide bonds. The molecule has 1 saturated heterocycles. The summed E-state index contributed by atoms with van der Waals surface area (Å²) in [4.78, 5) is 14.9. The number of hydrogen-bond donors (Lipinski definition) is 0. The molecule has 1 atom stereocenters. The van der Waals surface area contributed by atoms with Gasteiger partial charge in [0.15, 0.2) is 5.78 Å². The molecule has 1 aliphatic heterocycles. The number of carbonyl (C=O) groups is 1. The fraction of sp³-hybridized carbons (Fsp3) is 0.400. The van der Waals surface area contributed by atoms with Gasteiger partial charge in [-0.1, -0.05) is 0 Å². The SMILES string of the molecule is COc1ccc2c(c1)c(CCCN1CCC(CC(=O)c3ccc(F)cc3)C1)cn2C. The van der Waals surface area contributed by atoms with Gasteiger partial charge in [-0.3, -0.25) is 4.79 Å². The minimum absolute atomic E-state index is 0.117. The number of ketones is 1. The highest BCUT2D eigenvalue weighted by Crippen LogP contribution is 2.27. The van der Waals surface area contributed by atoms with Gasteiger partial charge in [-0.25, -0.2) is 4.39 Å². The van der Waals surface area contributed by atoms with Crippen molar-refractivity contribution in [1.29, 1.82) is 0 Å². The maximum absolute atomic E-state index is 13.0. The number of aromatic nitrogens is 1. The Kier molecular flexibility index (Phi) is 6.18. The first-order valence-electron chi connectivity index (χ1n) is 10.7. The molecule has 3 aromatic rings. The molecule has 0 bridgehead atoms. The number of methoxy groups -OCH3 is 1. The van der Waals surface area contributed by atoms with E-state index in [4.69, 9.17) is 4.74 Å². The van der Waals surface area contributed by atoms with E-state index in [1.807, 2.05) is 6.07 Å². The van der Waals surface area contributed by atoms with Crippen molar-refractivity contribution in [1.82, 2.24) is 9.47 Å². The molecule has 0 spiro atoms. The van der Waals surface area contributed by atoms with Crippen molar-refractivity contribution >= 4 is 16.7 Å². The summed E-state index contributed by atoms with van der Waals surface area (Å²) in [6.45, 7) is 3.06. The van der Waals surface area contributed by atoms with Crippen LogP contribution in [-0.4, -0.2) is 42.0 Å². The van der Waals surface area contributed by atoms with Crippen LogP contribution < -0.4 is 4.74 Å². The summed E-state index contributed by atoms with van der Waals surface area (Å²) in [6, 6.07) is 12.1. The zero-order chi connectivity index (χ0) is 21.1. The van der Waals surface area contributed by atoms with Crippen molar-refractivity contribution in [2.24, 2.45) is 13.0 Å². The van der Waals surface area contributed by atoms with E-state index in [-0.39, 0.29) is 11.6 Å². The molecule has 2 aromatic carbocycles. The summed E-state index contributed by atoms with van der Waals surface area (Å²) in [5, 5.41) is 1.26. The lowest BCUT2D eigenvalue weighted by Crippen LogP contribution is -2.23. The Labute approximate surface area is 177 Å². The molecule has 1 aliphatic rings. The lowest BCUT2D eigenvalue weighted by molar-refractivity contribution is 0.0962. The minimum Gasteiger partial charge on any atom is -0.497 e. The van der Waals surface area contributed by atoms with Crippen LogP contribution in [0.3, 0.4) is 0 Å². The number of hydrogen-bond acceptors (Lipinski definition) is 3. The summed E-state index contributed by atoms with van der Waals surface area (Å²) in [6.07, 6.45) is 5.94. The number of carbonyl (C=O) groups excluding carboxylic acids is 1. The fourth-order valence-corrected chi connectivity index (χ4v) is 4.57. The maximum Gasteiger partial charge on any atom is 0.163 e. The van der Waals surface area contributed by atoms with Crippen molar-refractivity contribution in [2.45, 2.75) is 25.7 Å². The van der Waals surface area contributed by atoms with Crippen molar-refractivity contribution in [2.75, 3.05) is 26.7 Å². The highest BCUT2D eigenvalue weighted by atomic mass is 19.1. The smallest absolute Gasteiger partial charge is 0.163 e. The van der Waals surface area contributed by atoms with Gasteiger partial charge in [0.2, 0.25) is 0 Å². The lowest BCUT2D eigenvalue weighted by Gasteiger charge is -2.15. The monoisotopic (exact) mass is 408 g/mol. The second-order valence-corrected chi connectivity index (χ2v) is 8.34. The average Bonchev–Trinajstić information content (AvgIpc) is 3.32. The topological polar surface area (TPSA) is 34.5 Å². The van der Waals surface area contributed by atoms with E-state index in [1.165, 1.54) is 28.6 Å². The van der Waals surface area contributed by atoms with Crippen LogP contribution in [0, 0.1) is 11.7 Å². The Bertz CT molecular complexity index is 1030. The van der Waals surface area contributed by atoms with Gasteiger partial charge in [-0.2, -0.15) is 0 Å². The highest BCUT2D eigenvalue weighted by molar-refractivity contribution is 5.96. The maximum atomic E-state index is 13.0. The van der Waals surface area contributed by atoms with E-state index in [0.29, 0.717) is 17.9 Å². The van der Waals surface area contributed by atoms with Gasteiger partial charge in [0.25, 0.3) is 0 Å². The van der Waals surface area contributed by atoms with E-state index in [9.17, 15) is 9.18 Å². The molecular weight excluding hydrogens is 379 g/mol. The van der Waals surface area contributed by atoms with Crippen LogP contribution in [-0.2, 0) is 13.5 Å². The van der Waals surface area contributed by atoms with Crippen molar-refractivity contribution in [3.05, 3.63) is 65.6 Å². The standard InChI is InChI=1S/C25H29FN2O2/c1-27-17-20(23-15-22(30-2)9-10-24(23)27)4-3-12-28-13-11-18(16-28)14-25(29)19-5-7-21(26)8-6-19/h5-10,15,17-18H,3-4,11-14,16H2,1-2H3. The molecule has 0 radical (unpaired) electrons. The first-order chi connectivity index (χ1) is 14.5. The number of Topliss-reactive ketones (excluding diaryl/α,β-unsaturated/α-hetero) is 1. The molecule has 1 fully saturated rings. The summed E-state index contributed by atoms with van der Waals surface area (Å²) < 4.78 is 20.6. The molecule has 0 saturated carbocycles. The molecule has 30 heavy (non-hydrogen) atoms. The number of nitrogens with zero attached hydrogens (tertiary/aromatic N) is 2. The Balaban J connectivity index is 1.28. The van der Waals surface area contributed by atoms with Gasteiger partial charge in [0.05, 0.1) is 7.11 Å².